The Morgan fingerprint density at radius 2 is 2.04 bits per heavy atom. The zero-order valence-corrected chi connectivity index (χ0v) is 17.3. The summed E-state index contributed by atoms with van der Waals surface area (Å²) >= 11 is 0. The number of nitrogens with one attached hydrogen (secondary N) is 1. The van der Waals surface area contributed by atoms with E-state index in [2.05, 4.69) is 40.8 Å². The van der Waals surface area contributed by atoms with Crippen LogP contribution in [0.15, 0.2) is 24.3 Å². The van der Waals surface area contributed by atoms with Crippen molar-refractivity contribution in [1.82, 2.24) is 9.62 Å². The van der Waals surface area contributed by atoms with Crippen LogP contribution in [0.1, 0.15) is 44.2 Å². The van der Waals surface area contributed by atoms with Crippen molar-refractivity contribution in [3.8, 4) is 0 Å². The van der Waals surface area contributed by atoms with Gasteiger partial charge in [-0.2, -0.15) is 0 Å². The Hall–Kier alpha value is -0.950. The number of rotatable bonds is 8. The first-order chi connectivity index (χ1) is 13.0. The molecule has 3 fully saturated rings. The maximum atomic E-state index is 12.1. The number of hydrogen-bond acceptors (Lipinski definition) is 4. The number of fused-ring (bicyclic) bond motifs is 1. The zero-order chi connectivity index (χ0) is 19.1. The molecule has 1 aromatic carbocycles. The van der Waals surface area contributed by atoms with Crippen molar-refractivity contribution in [3.05, 3.63) is 35.4 Å². The average molecular weight is 393 g/mol. The highest BCUT2D eigenvalue weighted by molar-refractivity contribution is 7.89. The van der Waals surface area contributed by atoms with Crippen LogP contribution < -0.4 is 4.72 Å². The van der Waals surface area contributed by atoms with E-state index in [1.165, 1.54) is 11.1 Å². The van der Waals surface area contributed by atoms with Crippen LogP contribution >= 0.6 is 0 Å². The Labute approximate surface area is 163 Å². The highest BCUT2D eigenvalue weighted by Gasteiger charge is 2.62. The molecule has 6 heteroatoms. The molecule has 2 bridgehead atoms. The van der Waals surface area contributed by atoms with Gasteiger partial charge in [-0.3, -0.25) is 4.90 Å². The maximum absolute atomic E-state index is 12.1. The summed E-state index contributed by atoms with van der Waals surface area (Å²) in [5.41, 5.74) is 2.78. The van der Waals surface area contributed by atoms with Gasteiger partial charge in [0.1, 0.15) is 0 Å². The molecule has 1 aromatic rings. The lowest BCUT2D eigenvalue weighted by molar-refractivity contribution is 0.00218. The van der Waals surface area contributed by atoms with E-state index >= 15 is 0 Å². The van der Waals surface area contributed by atoms with Crippen LogP contribution in [0, 0.1) is 11.8 Å². The van der Waals surface area contributed by atoms with E-state index < -0.39 is 10.0 Å². The molecule has 150 valence electrons. The fourth-order valence-electron chi connectivity index (χ4n) is 5.54. The summed E-state index contributed by atoms with van der Waals surface area (Å²) in [6.45, 7) is 7.58. The Kier molecular flexibility index (Phi) is 5.36. The summed E-state index contributed by atoms with van der Waals surface area (Å²) in [4.78, 5) is 2.52. The predicted octanol–water partition coefficient (Wildman–Crippen LogP) is 2.56. The molecule has 0 aromatic heterocycles. The van der Waals surface area contributed by atoms with Gasteiger partial charge in [-0.15, -0.1) is 0 Å². The molecule has 0 radical (unpaired) electrons. The van der Waals surface area contributed by atoms with Gasteiger partial charge in [0.2, 0.25) is 10.0 Å². The Morgan fingerprint density at radius 1 is 1.26 bits per heavy atom. The molecule has 0 saturated carbocycles. The second kappa shape index (κ2) is 7.47. The molecule has 5 nitrogen and oxygen atoms in total. The molecule has 1 N–H and O–H groups in total. The van der Waals surface area contributed by atoms with Gasteiger partial charge in [0.15, 0.2) is 0 Å². The normalized spacial score (nSPS) is 32.9. The largest absolute Gasteiger partial charge is 0.370 e. The van der Waals surface area contributed by atoms with Gasteiger partial charge >= 0.3 is 0 Å². The molecule has 1 spiro atoms. The second-order valence-corrected chi connectivity index (χ2v) is 10.4. The smallest absolute Gasteiger partial charge is 0.211 e. The van der Waals surface area contributed by atoms with Crippen LogP contribution in [-0.4, -0.2) is 50.4 Å². The average Bonchev–Trinajstić information content (AvgIpc) is 3.28. The van der Waals surface area contributed by atoms with Crippen molar-refractivity contribution < 1.29 is 13.2 Å². The minimum absolute atomic E-state index is 0.0489. The van der Waals surface area contributed by atoms with E-state index in [1.807, 2.05) is 6.92 Å². The van der Waals surface area contributed by atoms with Crippen LogP contribution in [0.3, 0.4) is 0 Å². The van der Waals surface area contributed by atoms with Gasteiger partial charge in [0, 0.05) is 38.0 Å². The summed E-state index contributed by atoms with van der Waals surface area (Å²) in [6, 6.07) is 8.69. The summed E-state index contributed by atoms with van der Waals surface area (Å²) < 4.78 is 33.5. The lowest BCUT2D eigenvalue weighted by Gasteiger charge is -2.29. The number of likely N-dealkylation sites (tertiary alicyclic amines) is 1. The Morgan fingerprint density at radius 3 is 2.78 bits per heavy atom. The van der Waals surface area contributed by atoms with Crippen molar-refractivity contribution in [3.63, 3.8) is 0 Å². The van der Waals surface area contributed by atoms with Crippen LogP contribution in [-0.2, 0) is 27.7 Å². The van der Waals surface area contributed by atoms with E-state index in [4.69, 9.17) is 4.74 Å². The van der Waals surface area contributed by atoms with Gasteiger partial charge in [-0.05, 0) is 36.8 Å². The molecule has 0 unspecified atom stereocenters. The van der Waals surface area contributed by atoms with E-state index in [9.17, 15) is 8.42 Å². The molecule has 3 aliphatic heterocycles. The van der Waals surface area contributed by atoms with Gasteiger partial charge < -0.3 is 4.74 Å². The summed E-state index contributed by atoms with van der Waals surface area (Å²) in [5, 5.41) is 0. The van der Waals surface area contributed by atoms with Crippen LogP contribution in [0.25, 0.3) is 0 Å². The quantitative estimate of drug-likeness (QED) is 0.739. The SMILES string of the molecule is CCCS(=O)(=O)NC[C@H]1[C@H]2CN(Cc3ccccc3CC)C[C@]23CC[C@H]1O3. The lowest BCUT2D eigenvalue weighted by Crippen LogP contribution is -2.42. The van der Waals surface area contributed by atoms with Gasteiger partial charge in [0.05, 0.1) is 17.5 Å². The standard InChI is InChI=1S/C21H32N2O3S/c1-3-11-27(24,25)22-12-18-19-14-23(15-21(19)10-9-20(18)26-21)13-17-8-6-5-7-16(17)4-2/h5-8,18-20,22H,3-4,9-15H2,1-2H3/t18-,19+,20+,21+/m0/s1. The number of benzene rings is 1. The number of nitrogens with zero attached hydrogens (tertiary/aromatic N) is 1. The molecular formula is C21H32N2O3S. The molecule has 3 heterocycles. The first kappa shape index (κ1) is 19.4. The van der Waals surface area contributed by atoms with Gasteiger partial charge in [-0.25, -0.2) is 13.1 Å². The summed E-state index contributed by atoms with van der Waals surface area (Å²) in [6.07, 6.45) is 4.11. The summed E-state index contributed by atoms with van der Waals surface area (Å²) in [7, 11) is -3.16. The van der Waals surface area contributed by atoms with Crippen molar-refractivity contribution in [1.29, 1.82) is 0 Å². The molecule has 3 saturated heterocycles. The molecule has 0 amide bonds. The molecular weight excluding hydrogens is 360 g/mol. The topological polar surface area (TPSA) is 58.6 Å². The number of sulfonamides is 1. The molecule has 27 heavy (non-hydrogen) atoms. The van der Waals surface area contributed by atoms with E-state index in [1.54, 1.807) is 0 Å². The van der Waals surface area contributed by atoms with Gasteiger partial charge in [0.25, 0.3) is 0 Å². The summed E-state index contributed by atoms with van der Waals surface area (Å²) in [5.74, 6) is 0.951. The molecule has 3 aliphatic rings. The minimum Gasteiger partial charge on any atom is -0.370 e. The third kappa shape index (κ3) is 3.69. The third-order valence-electron chi connectivity index (χ3n) is 6.76. The van der Waals surface area contributed by atoms with E-state index in [0.717, 1.165) is 38.9 Å². The molecule has 4 rings (SSSR count). The predicted molar refractivity (Wildman–Crippen MR) is 107 cm³/mol. The molecule has 0 aliphatic carbocycles. The van der Waals surface area contributed by atoms with Gasteiger partial charge in [-0.1, -0.05) is 38.1 Å². The third-order valence-corrected chi connectivity index (χ3v) is 8.31. The van der Waals surface area contributed by atoms with Crippen molar-refractivity contribution in [2.75, 3.05) is 25.4 Å². The van der Waals surface area contributed by atoms with Crippen molar-refractivity contribution in [2.45, 2.75) is 57.8 Å². The van der Waals surface area contributed by atoms with E-state index in [0.29, 0.717) is 24.8 Å². The minimum atomic E-state index is -3.16. The fraction of sp³-hybridized carbons (Fsp3) is 0.714. The van der Waals surface area contributed by atoms with Crippen LogP contribution in [0.5, 0.6) is 0 Å². The van der Waals surface area contributed by atoms with E-state index in [-0.39, 0.29) is 17.5 Å². The lowest BCUT2D eigenvalue weighted by atomic mass is 9.74. The fourth-order valence-corrected chi connectivity index (χ4v) is 6.67. The number of aryl methyl sites for hydroxylation is 1. The second-order valence-electron chi connectivity index (χ2n) is 8.49. The maximum Gasteiger partial charge on any atom is 0.211 e. The molecule has 4 atom stereocenters. The Balaban J connectivity index is 1.44. The van der Waals surface area contributed by atoms with Crippen molar-refractivity contribution >= 4 is 10.0 Å². The Bertz CT molecular complexity index is 781. The monoisotopic (exact) mass is 392 g/mol. The van der Waals surface area contributed by atoms with Crippen molar-refractivity contribution in [2.24, 2.45) is 11.8 Å². The van der Waals surface area contributed by atoms with Crippen LogP contribution in [0.4, 0.5) is 0 Å². The highest BCUT2D eigenvalue weighted by atomic mass is 32.2. The number of ether oxygens (including phenoxy) is 1. The zero-order valence-electron chi connectivity index (χ0n) is 16.5. The first-order valence-corrected chi connectivity index (χ1v) is 12.1. The van der Waals surface area contributed by atoms with Crippen LogP contribution in [0.2, 0.25) is 0 Å². The number of hydrogen-bond donors (Lipinski definition) is 1. The first-order valence-electron chi connectivity index (χ1n) is 10.4. The highest BCUT2D eigenvalue weighted by Crippen LogP contribution is 2.54.